The van der Waals surface area contributed by atoms with Gasteiger partial charge in [0.05, 0.1) is 23.0 Å². The number of rotatable bonds is 3. The van der Waals surface area contributed by atoms with E-state index >= 15 is 0 Å². The van der Waals surface area contributed by atoms with E-state index in [9.17, 15) is 0 Å². The van der Waals surface area contributed by atoms with Crippen LogP contribution in [0.3, 0.4) is 0 Å². The van der Waals surface area contributed by atoms with Gasteiger partial charge < -0.3 is 16.0 Å². The Hall–Kier alpha value is -1.73. The van der Waals surface area contributed by atoms with Crippen LogP contribution in [0.25, 0.3) is 0 Å². The minimum absolute atomic E-state index is 0.644. The van der Waals surface area contributed by atoms with Gasteiger partial charge in [0.1, 0.15) is 0 Å². The maximum absolute atomic E-state index is 8.84. The molecule has 1 fully saturated rings. The maximum Gasteiger partial charge on any atom is 0.0992 e. The molecule has 0 spiro atoms. The Balaban J connectivity index is 1.97. The first kappa shape index (κ1) is 11.7. The summed E-state index contributed by atoms with van der Waals surface area (Å²) >= 11 is 0. The first-order valence-electron chi connectivity index (χ1n) is 5.91. The number of nitrogen functional groups attached to an aromatic ring is 1. The van der Waals surface area contributed by atoms with Crippen molar-refractivity contribution in [3.63, 3.8) is 0 Å². The number of likely N-dealkylation sites (tertiary alicyclic amines) is 1. The van der Waals surface area contributed by atoms with Crippen LogP contribution in [-0.4, -0.2) is 31.6 Å². The Morgan fingerprint density at radius 3 is 3.06 bits per heavy atom. The van der Waals surface area contributed by atoms with E-state index in [-0.39, 0.29) is 0 Å². The molecular formula is C13H18N4. The maximum atomic E-state index is 8.84. The third kappa shape index (κ3) is 2.89. The third-order valence-electron chi connectivity index (χ3n) is 3.25. The molecule has 0 aliphatic carbocycles. The molecule has 3 N–H and O–H groups in total. The summed E-state index contributed by atoms with van der Waals surface area (Å²) in [6, 6.07) is 7.46. The molecule has 1 aliphatic heterocycles. The van der Waals surface area contributed by atoms with Gasteiger partial charge >= 0.3 is 0 Å². The molecule has 1 unspecified atom stereocenters. The summed E-state index contributed by atoms with van der Waals surface area (Å²) < 4.78 is 0. The van der Waals surface area contributed by atoms with Crippen molar-refractivity contribution in [1.82, 2.24) is 4.90 Å². The van der Waals surface area contributed by atoms with Crippen molar-refractivity contribution in [3.8, 4) is 6.07 Å². The van der Waals surface area contributed by atoms with Crippen LogP contribution in [-0.2, 0) is 0 Å². The molecule has 0 saturated carbocycles. The summed E-state index contributed by atoms with van der Waals surface area (Å²) in [4.78, 5) is 2.33. The standard InChI is InChI=1S/C13H18N4/c1-17-5-4-11(9-17)8-16-13-6-10(7-14)2-3-12(13)15/h2-3,6,11,16H,4-5,8-9,15H2,1H3. The molecule has 90 valence electrons. The second-order valence-corrected chi connectivity index (χ2v) is 4.71. The molecular weight excluding hydrogens is 212 g/mol. The van der Waals surface area contributed by atoms with E-state index < -0.39 is 0 Å². The third-order valence-corrected chi connectivity index (χ3v) is 3.25. The summed E-state index contributed by atoms with van der Waals surface area (Å²) in [5.74, 6) is 0.671. The fraction of sp³-hybridized carbons (Fsp3) is 0.462. The number of nitriles is 1. The Morgan fingerprint density at radius 2 is 2.41 bits per heavy atom. The highest BCUT2D eigenvalue weighted by Crippen LogP contribution is 2.21. The predicted molar refractivity (Wildman–Crippen MR) is 69.7 cm³/mol. The monoisotopic (exact) mass is 230 g/mol. The molecule has 1 heterocycles. The van der Waals surface area contributed by atoms with Gasteiger partial charge in [-0.05, 0) is 44.1 Å². The van der Waals surface area contributed by atoms with Gasteiger partial charge in [-0.3, -0.25) is 0 Å². The molecule has 4 nitrogen and oxygen atoms in total. The number of nitrogens with one attached hydrogen (secondary N) is 1. The highest BCUT2D eigenvalue weighted by atomic mass is 15.1. The van der Waals surface area contributed by atoms with E-state index in [2.05, 4.69) is 23.3 Å². The van der Waals surface area contributed by atoms with E-state index in [0.717, 1.165) is 18.8 Å². The molecule has 1 aromatic carbocycles. The quantitative estimate of drug-likeness (QED) is 0.772. The Morgan fingerprint density at radius 1 is 1.59 bits per heavy atom. The van der Waals surface area contributed by atoms with Crippen molar-refractivity contribution < 1.29 is 0 Å². The average molecular weight is 230 g/mol. The molecule has 0 amide bonds. The van der Waals surface area contributed by atoms with Crippen LogP contribution in [0.1, 0.15) is 12.0 Å². The van der Waals surface area contributed by atoms with Gasteiger partial charge in [-0.1, -0.05) is 0 Å². The van der Waals surface area contributed by atoms with Crippen molar-refractivity contribution >= 4 is 11.4 Å². The van der Waals surface area contributed by atoms with E-state index in [1.807, 2.05) is 6.07 Å². The van der Waals surface area contributed by atoms with Crippen molar-refractivity contribution in [2.75, 3.05) is 37.7 Å². The smallest absolute Gasteiger partial charge is 0.0992 e. The van der Waals surface area contributed by atoms with Crippen molar-refractivity contribution in [3.05, 3.63) is 23.8 Å². The van der Waals surface area contributed by atoms with Gasteiger partial charge in [0.2, 0.25) is 0 Å². The first-order valence-corrected chi connectivity index (χ1v) is 5.91. The minimum atomic E-state index is 0.644. The van der Waals surface area contributed by atoms with Crippen LogP contribution in [0, 0.1) is 17.2 Å². The lowest BCUT2D eigenvalue weighted by molar-refractivity contribution is 0.399. The fourth-order valence-electron chi connectivity index (χ4n) is 2.23. The van der Waals surface area contributed by atoms with E-state index in [1.54, 1.807) is 12.1 Å². The largest absolute Gasteiger partial charge is 0.397 e. The summed E-state index contributed by atoms with van der Waals surface area (Å²) in [7, 11) is 2.14. The summed E-state index contributed by atoms with van der Waals surface area (Å²) in [5.41, 5.74) is 8.10. The molecule has 2 rings (SSSR count). The van der Waals surface area contributed by atoms with Gasteiger partial charge in [0.15, 0.2) is 0 Å². The molecule has 1 aliphatic rings. The molecule has 1 atom stereocenters. The second kappa shape index (κ2) is 5.07. The normalized spacial score (nSPS) is 20.1. The summed E-state index contributed by atoms with van der Waals surface area (Å²) in [6.07, 6.45) is 1.22. The van der Waals surface area contributed by atoms with Crippen LogP contribution >= 0.6 is 0 Å². The topological polar surface area (TPSA) is 65.1 Å². The van der Waals surface area contributed by atoms with Crippen molar-refractivity contribution in [2.24, 2.45) is 5.92 Å². The predicted octanol–water partition coefficient (Wildman–Crippen LogP) is 1.50. The van der Waals surface area contributed by atoms with Gasteiger partial charge in [-0.15, -0.1) is 0 Å². The van der Waals surface area contributed by atoms with Crippen LogP contribution in [0.2, 0.25) is 0 Å². The molecule has 0 radical (unpaired) electrons. The van der Waals surface area contributed by atoms with Crippen LogP contribution in [0.4, 0.5) is 11.4 Å². The van der Waals surface area contributed by atoms with E-state index in [0.29, 0.717) is 17.2 Å². The van der Waals surface area contributed by atoms with Gasteiger partial charge in [0, 0.05) is 13.1 Å². The van der Waals surface area contributed by atoms with Crippen LogP contribution < -0.4 is 11.1 Å². The van der Waals surface area contributed by atoms with E-state index in [1.165, 1.54) is 13.0 Å². The molecule has 1 saturated heterocycles. The number of nitrogens with zero attached hydrogens (tertiary/aromatic N) is 2. The molecule has 0 aromatic heterocycles. The van der Waals surface area contributed by atoms with Gasteiger partial charge in [0.25, 0.3) is 0 Å². The molecule has 17 heavy (non-hydrogen) atoms. The molecule has 1 aromatic rings. The lowest BCUT2D eigenvalue weighted by atomic mass is 10.1. The van der Waals surface area contributed by atoms with Crippen LogP contribution in [0.15, 0.2) is 18.2 Å². The SMILES string of the molecule is CN1CCC(CNc2cc(C#N)ccc2N)C1. The zero-order chi connectivity index (χ0) is 12.3. The first-order chi connectivity index (χ1) is 8.19. The zero-order valence-electron chi connectivity index (χ0n) is 10.1. The summed E-state index contributed by atoms with van der Waals surface area (Å²) in [6.45, 7) is 3.22. The highest BCUT2D eigenvalue weighted by Gasteiger charge is 2.19. The zero-order valence-corrected chi connectivity index (χ0v) is 10.1. The number of hydrogen-bond acceptors (Lipinski definition) is 4. The number of nitrogens with two attached hydrogens (primary N) is 1. The second-order valence-electron chi connectivity index (χ2n) is 4.71. The average Bonchev–Trinajstić information content (AvgIpc) is 2.74. The lowest BCUT2D eigenvalue weighted by Crippen LogP contribution is -2.19. The van der Waals surface area contributed by atoms with E-state index in [4.69, 9.17) is 11.0 Å². The van der Waals surface area contributed by atoms with Crippen molar-refractivity contribution in [1.29, 1.82) is 5.26 Å². The summed E-state index contributed by atoms with van der Waals surface area (Å²) in [5, 5.41) is 12.2. The molecule has 4 heteroatoms. The lowest BCUT2D eigenvalue weighted by Gasteiger charge is -2.14. The highest BCUT2D eigenvalue weighted by molar-refractivity contribution is 5.68. The van der Waals surface area contributed by atoms with Crippen molar-refractivity contribution in [2.45, 2.75) is 6.42 Å². The van der Waals surface area contributed by atoms with Crippen LogP contribution in [0.5, 0.6) is 0 Å². The Kier molecular flexibility index (Phi) is 3.50. The number of benzene rings is 1. The Bertz CT molecular complexity index is 436. The minimum Gasteiger partial charge on any atom is -0.397 e. The van der Waals surface area contributed by atoms with Gasteiger partial charge in [-0.2, -0.15) is 5.26 Å². The fourth-order valence-corrected chi connectivity index (χ4v) is 2.23. The molecule has 0 bridgehead atoms. The number of anilines is 2. The van der Waals surface area contributed by atoms with Gasteiger partial charge in [-0.25, -0.2) is 0 Å². The number of hydrogen-bond donors (Lipinski definition) is 2. The Labute approximate surface area is 102 Å².